The van der Waals surface area contributed by atoms with E-state index in [0.29, 0.717) is 17.6 Å². The number of hydrogen-bond acceptors (Lipinski definition) is 6. The maximum absolute atomic E-state index is 6.60. The van der Waals surface area contributed by atoms with Gasteiger partial charge in [0.1, 0.15) is 11.2 Å². The van der Waals surface area contributed by atoms with Gasteiger partial charge in [0, 0.05) is 69.6 Å². The summed E-state index contributed by atoms with van der Waals surface area (Å²) in [5.74, 6) is 1.59. The minimum absolute atomic E-state index is 0.483. The Kier molecular flexibility index (Phi) is 8.69. The van der Waals surface area contributed by atoms with Crippen molar-refractivity contribution in [2.45, 2.75) is 0 Å². The van der Waals surface area contributed by atoms with Gasteiger partial charge < -0.3 is 13.6 Å². The van der Waals surface area contributed by atoms with Crippen molar-refractivity contribution in [1.29, 1.82) is 0 Å². The van der Waals surface area contributed by atoms with Gasteiger partial charge in [-0.05, 0) is 97.1 Å². The van der Waals surface area contributed by atoms with Crippen molar-refractivity contribution in [3.63, 3.8) is 0 Å². The highest BCUT2D eigenvalue weighted by Crippen LogP contribution is 2.48. The minimum Gasteiger partial charge on any atom is -0.456 e. The highest BCUT2D eigenvalue weighted by Gasteiger charge is 2.28. The molecule has 0 atom stereocenters. The third kappa shape index (κ3) is 6.05. The summed E-state index contributed by atoms with van der Waals surface area (Å²) in [5, 5.41) is 8.81. The second kappa shape index (κ2) is 15.6. The first-order valence-electron chi connectivity index (χ1n) is 23.8. The van der Waals surface area contributed by atoms with Gasteiger partial charge in [0.05, 0.1) is 38.8 Å². The van der Waals surface area contributed by atoms with E-state index in [4.69, 9.17) is 19.4 Å². The zero-order chi connectivity index (χ0) is 46.6. The molecule has 0 aliphatic carbocycles. The Balaban J connectivity index is 1.07. The van der Waals surface area contributed by atoms with Crippen LogP contribution >= 0.6 is 11.3 Å². The van der Waals surface area contributed by atoms with Crippen LogP contribution in [-0.4, -0.2) is 24.1 Å². The summed E-state index contributed by atoms with van der Waals surface area (Å²) in [6.07, 6.45) is 0. The number of fused-ring (bicyclic) bond motifs is 12. The van der Waals surface area contributed by atoms with Crippen molar-refractivity contribution in [3.8, 4) is 34.2 Å². The molecule has 0 aliphatic heterocycles. The number of furan rings is 1. The second-order valence-electron chi connectivity index (χ2n) is 17.9. The van der Waals surface area contributed by atoms with E-state index < -0.39 is 0 Å². The van der Waals surface area contributed by atoms with Gasteiger partial charge in [-0.1, -0.05) is 133 Å². The molecule has 0 saturated carbocycles. The molecule has 15 rings (SSSR count). The summed E-state index contributed by atoms with van der Waals surface area (Å²) in [4.78, 5) is 19.2. The Bertz CT molecular complexity index is 4490. The minimum atomic E-state index is 0.483. The maximum atomic E-state index is 6.60. The van der Waals surface area contributed by atoms with E-state index in [1.807, 2.05) is 18.2 Å². The first-order chi connectivity index (χ1) is 35.2. The van der Waals surface area contributed by atoms with Crippen molar-refractivity contribution in [1.82, 2.24) is 24.1 Å². The van der Waals surface area contributed by atoms with Crippen LogP contribution in [-0.2, 0) is 0 Å². The molecule has 71 heavy (non-hydrogen) atoms. The topological polar surface area (TPSA) is 64.9 Å². The van der Waals surface area contributed by atoms with E-state index in [0.717, 1.165) is 105 Å². The molecule has 10 aromatic carbocycles. The van der Waals surface area contributed by atoms with Gasteiger partial charge in [-0.25, -0.2) is 4.98 Å². The fraction of sp³-hybridized carbons (Fsp3) is 0. The van der Waals surface area contributed by atoms with Gasteiger partial charge in [0.2, 0.25) is 5.95 Å². The summed E-state index contributed by atoms with van der Waals surface area (Å²) in [5.41, 5.74) is 11.7. The molecular formula is C63H38N6OS. The normalized spacial score (nSPS) is 11.9. The van der Waals surface area contributed by atoms with Gasteiger partial charge in [0.15, 0.2) is 11.6 Å². The van der Waals surface area contributed by atoms with E-state index in [1.165, 1.54) is 14.8 Å². The van der Waals surface area contributed by atoms with Crippen LogP contribution < -0.4 is 4.90 Å². The monoisotopic (exact) mass is 926 g/mol. The van der Waals surface area contributed by atoms with Crippen molar-refractivity contribution in [2.24, 2.45) is 0 Å². The number of benzene rings is 10. The summed E-state index contributed by atoms with van der Waals surface area (Å²) < 4.78 is 13.7. The number of hydrogen-bond donors (Lipinski definition) is 0. The molecule has 332 valence electrons. The average molecular weight is 927 g/mol. The van der Waals surface area contributed by atoms with Crippen LogP contribution in [0.2, 0.25) is 0 Å². The lowest BCUT2D eigenvalue weighted by Crippen LogP contribution is -2.16. The fourth-order valence-corrected chi connectivity index (χ4v) is 12.1. The van der Waals surface area contributed by atoms with Crippen LogP contribution in [0.5, 0.6) is 0 Å². The third-order valence-corrected chi connectivity index (χ3v) is 15.1. The molecule has 5 heterocycles. The predicted octanol–water partition coefficient (Wildman–Crippen LogP) is 17.1. The zero-order valence-corrected chi connectivity index (χ0v) is 38.8. The summed E-state index contributed by atoms with van der Waals surface area (Å²) >= 11 is 1.79. The molecule has 0 aliphatic rings. The quantitative estimate of drug-likeness (QED) is 0.159. The van der Waals surface area contributed by atoms with Crippen molar-refractivity contribution in [2.75, 3.05) is 4.90 Å². The number of aromatic nitrogens is 5. The number of thiophene rings is 1. The Labute approximate surface area is 410 Å². The smallest absolute Gasteiger partial charge is 0.238 e. The van der Waals surface area contributed by atoms with Crippen molar-refractivity contribution in [3.05, 3.63) is 231 Å². The molecule has 7 nitrogen and oxygen atoms in total. The van der Waals surface area contributed by atoms with Crippen LogP contribution in [0.4, 0.5) is 17.3 Å². The highest BCUT2D eigenvalue weighted by atomic mass is 32.1. The number of nitrogens with zero attached hydrogens (tertiary/aromatic N) is 6. The molecule has 0 saturated heterocycles. The average Bonchev–Trinajstić information content (AvgIpc) is 4.20. The Morgan fingerprint density at radius 2 is 0.944 bits per heavy atom. The summed E-state index contributed by atoms with van der Waals surface area (Å²) in [6, 6.07) is 81.3. The zero-order valence-electron chi connectivity index (χ0n) is 37.9. The van der Waals surface area contributed by atoms with Crippen LogP contribution in [0.25, 0.3) is 120 Å². The fourth-order valence-electron chi connectivity index (χ4n) is 11.0. The van der Waals surface area contributed by atoms with E-state index in [2.05, 4.69) is 226 Å². The van der Waals surface area contributed by atoms with Gasteiger partial charge in [-0.3, -0.25) is 4.90 Å². The molecule has 0 fully saturated rings. The lowest BCUT2D eigenvalue weighted by Gasteiger charge is -2.26. The summed E-state index contributed by atoms with van der Waals surface area (Å²) in [6.45, 7) is 0. The first-order valence-corrected chi connectivity index (χ1v) is 24.6. The predicted molar refractivity (Wildman–Crippen MR) is 294 cm³/mol. The highest BCUT2D eigenvalue weighted by molar-refractivity contribution is 7.26. The van der Waals surface area contributed by atoms with Crippen LogP contribution in [0.3, 0.4) is 0 Å². The van der Waals surface area contributed by atoms with E-state index in [-0.39, 0.29) is 0 Å². The third-order valence-electron chi connectivity index (χ3n) is 14.0. The van der Waals surface area contributed by atoms with Crippen LogP contribution in [0, 0.1) is 0 Å². The molecule has 0 bridgehead atoms. The molecule has 0 spiro atoms. The van der Waals surface area contributed by atoms with Gasteiger partial charge >= 0.3 is 0 Å². The molecule has 0 N–H and O–H groups in total. The maximum Gasteiger partial charge on any atom is 0.238 e. The molecule has 15 aromatic rings. The number of para-hydroxylation sites is 6. The number of anilines is 3. The van der Waals surface area contributed by atoms with Crippen molar-refractivity contribution >= 4 is 114 Å². The molecule has 0 radical (unpaired) electrons. The van der Waals surface area contributed by atoms with Crippen LogP contribution in [0.1, 0.15) is 0 Å². The SMILES string of the molecule is c1ccc(-n2c3ccccc3c3cc(-c4nc(-c5cccc6c7ccccc7n(-c7ccccc7)c56)nc(N(c5cccc6oc7ccccc7c56)c5cccc6sc7ccccc7c56)n4)ccc32)cc1. The molecular weight excluding hydrogens is 889 g/mol. The van der Waals surface area contributed by atoms with E-state index >= 15 is 0 Å². The number of rotatable bonds is 7. The van der Waals surface area contributed by atoms with E-state index in [9.17, 15) is 0 Å². The van der Waals surface area contributed by atoms with Gasteiger partial charge in [0.25, 0.3) is 0 Å². The Morgan fingerprint density at radius 1 is 0.380 bits per heavy atom. The molecule has 8 heteroatoms. The summed E-state index contributed by atoms with van der Waals surface area (Å²) in [7, 11) is 0. The van der Waals surface area contributed by atoms with Crippen LogP contribution in [0.15, 0.2) is 235 Å². The largest absolute Gasteiger partial charge is 0.456 e. The standard InChI is InChI=1S/C63H38N6OS/c1-3-18-40(19-4-1)67-49-28-11-8-23-43(49)48-38-39(36-37-51(48)67)61-64-62(47-27-15-26-44-42-22-7-12-29-50(42)68(60(44)47)41-20-5-2-6-21-41)66-63(65-61)69(52-30-16-33-55-58(52)45-24-9-13-32-54(45)70-55)53-31-17-35-57-59(53)46-25-10-14-34-56(46)71-57/h1-38H. The second-order valence-corrected chi connectivity index (χ2v) is 19.0. The molecule has 0 amide bonds. The Hall–Kier alpha value is -9.37. The van der Waals surface area contributed by atoms with Gasteiger partial charge in [-0.2, -0.15) is 9.97 Å². The molecule has 5 aromatic heterocycles. The molecule has 0 unspecified atom stereocenters. The lowest BCUT2D eigenvalue weighted by atomic mass is 10.1. The Morgan fingerprint density at radius 3 is 1.75 bits per heavy atom. The lowest BCUT2D eigenvalue weighted by molar-refractivity contribution is 0.669. The van der Waals surface area contributed by atoms with Crippen molar-refractivity contribution < 1.29 is 4.42 Å². The van der Waals surface area contributed by atoms with Gasteiger partial charge in [-0.15, -0.1) is 11.3 Å². The first kappa shape index (κ1) is 39.6. The van der Waals surface area contributed by atoms with E-state index in [1.54, 1.807) is 11.3 Å².